The summed E-state index contributed by atoms with van der Waals surface area (Å²) in [6, 6.07) is 13.9. The van der Waals surface area contributed by atoms with Crippen LogP contribution in [0.25, 0.3) is 11.1 Å². The molecule has 4 heteroatoms. The lowest BCUT2D eigenvalue weighted by molar-refractivity contribution is 0.0694. The standard InChI is InChI=1S/C13H10O3.BrH/c14-12-10(9-5-2-1-3-6-9)7-4-8-11(12)13(15)16;/h1-8,14H,(H,15,16);1H. The fourth-order valence-corrected chi connectivity index (χ4v) is 1.57. The van der Waals surface area contributed by atoms with Crippen LogP contribution in [-0.2, 0) is 0 Å². The molecule has 2 N–H and O–H groups in total. The van der Waals surface area contributed by atoms with Crippen LogP contribution in [0.3, 0.4) is 0 Å². The summed E-state index contributed by atoms with van der Waals surface area (Å²) in [5.41, 5.74) is 1.24. The van der Waals surface area contributed by atoms with Gasteiger partial charge in [0.15, 0.2) is 0 Å². The van der Waals surface area contributed by atoms with Gasteiger partial charge in [-0.1, -0.05) is 42.5 Å². The lowest BCUT2D eigenvalue weighted by atomic mass is 10.0. The van der Waals surface area contributed by atoms with Crippen LogP contribution in [0, 0.1) is 0 Å². The molecule has 0 spiro atoms. The van der Waals surface area contributed by atoms with E-state index in [1.54, 1.807) is 12.1 Å². The van der Waals surface area contributed by atoms with E-state index >= 15 is 0 Å². The Bertz CT molecular complexity index is 523. The van der Waals surface area contributed by atoms with Crippen molar-refractivity contribution in [3.8, 4) is 16.9 Å². The average molecular weight is 295 g/mol. The van der Waals surface area contributed by atoms with E-state index in [1.807, 2.05) is 30.3 Å². The number of aromatic hydroxyl groups is 1. The predicted octanol–water partition coefficient (Wildman–Crippen LogP) is 3.34. The van der Waals surface area contributed by atoms with Crippen molar-refractivity contribution in [3.63, 3.8) is 0 Å². The maximum absolute atomic E-state index is 10.8. The lowest BCUT2D eigenvalue weighted by Crippen LogP contribution is -1.97. The number of hydrogen-bond acceptors (Lipinski definition) is 2. The number of benzene rings is 2. The first-order valence-corrected chi connectivity index (χ1v) is 4.81. The van der Waals surface area contributed by atoms with Gasteiger partial charge >= 0.3 is 5.97 Å². The van der Waals surface area contributed by atoms with E-state index in [2.05, 4.69) is 0 Å². The van der Waals surface area contributed by atoms with Crippen LogP contribution < -0.4 is 0 Å². The molecule has 17 heavy (non-hydrogen) atoms. The number of rotatable bonds is 2. The van der Waals surface area contributed by atoms with Crippen molar-refractivity contribution in [1.82, 2.24) is 0 Å². The minimum atomic E-state index is -1.13. The summed E-state index contributed by atoms with van der Waals surface area (Å²) in [4.78, 5) is 10.8. The topological polar surface area (TPSA) is 57.5 Å². The monoisotopic (exact) mass is 294 g/mol. The summed E-state index contributed by atoms with van der Waals surface area (Å²) in [5, 5.41) is 18.7. The van der Waals surface area contributed by atoms with Gasteiger partial charge in [0.25, 0.3) is 0 Å². The Morgan fingerprint density at radius 3 is 2.18 bits per heavy atom. The van der Waals surface area contributed by atoms with Gasteiger partial charge in [-0.25, -0.2) is 4.79 Å². The highest BCUT2D eigenvalue weighted by molar-refractivity contribution is 8.93. The van der Waals surface area contributed by atoms with Gasteiger partial charge in [-0.05, 0) is 11.6 Å². The van der Waals surface area contributed by atoms with Gasteiger partial charge in [-0.2, -0.15) is 0 Å². The largest absolute Gasteiger partial charge is 0.506 e. The van der Waals surface area contributed by atoms with Crippen LogP contribution in [-0.4, -0.2) is 16.2 Å². The second-order valence-corrected chi connectivity index (χ2v) is 3.37. The Hall–Kier alpha value is -1.81. The van der Waals surface area contributed by atoms with Crippen molar-refractivity contribution in [2.45, 2.75) is 0 Å². The average Bonchev–Trinajstić information content (AvgIpc) is 2.30. The van der Waals surface area contributed by atoms with Crippen LogP contribution in [0.15, 0.2) is 48.5 Å². The molecule has 0 unspecified atom stereocenters. The van der Waals surface area contributed by atoms with Crippen molar-refractivity contribution in [2.24, 2.45) is 0 Å². The van der Waals surface area contributed by atoms with Crippen LogP contribution >= 0.6 is 17.0 Å². The van der Waals surface area contributed by atoms with Gasteiger partial charge in [0.2, 0.25) is 0 Å². The second-order valence-electron chi connectivity index (χ2n) is 3.37. The van der Waals surface area contributed by atoms with Crippen molar-refractivity contribution < 1.29 is 15.0 Å². The summed E-state index contributed by atoms with van der Waals surface area (Å²) in [7, 11) is 0. The molecule has 0 aliphatic heterocycles. The number of hydrogen-bond donors (Lipinski definition) is 2. The van der Waals surface area contributed by atoms with Gasteiger partial charge in [0.1, 0.15) is 11.3 Å². The third kappa shape index (κ3) is 2.65. The molecule has 0 aromatic heterocycles. The molecule has 0 aliphatic carbocycles. The van der Waals surface area contributed by atoms with Crippen molar-refractivity contribution in [3.05, 3.63) is 54.1 Å². The summed E-state index contributed by atoms with van der Waals surface area (Å²) in [6.45, 7) is 0. The third-order valence-electron chi connectivity index (χ3n) is 2.35. The lowest BCUT2D eigenvalue weighted by Gasteiger charge is -2.06. The van der Waals surface area contributed by atoms with E-state index in [1.165, 1.54) is 6.07 Å². The molecular weight excluding hydrogens is 284 g/mol. The molecule has 0 aliphatic rings. The summed E-state index contributed by atoms with van der Waals surface area (Å²) < 4.78 is 0. The SMILES string of the molecule is Br.O=C(O)c1cccc(-c2ccccc2)c1O. The van der Waals surface area contributed by atoms with Crippen LogP contribution in [0.4, 0.5) is 0 Å². The molecule has 3 nitrogen and oxygen atoms in total. The first-order valence-electron chi connectivity index (χ1n) is 4.81. The number of carbonyl (C=O) groups is 1. The Labute approximate surface area is 109 Å². The molecule has 0 radical (unpaired) electrons. The summed E-state index contributed by atoms with van der Waals surface area (Å²) in [6.07, 6.45) is 0. The molecular formula is C13H11BrO3. The Balaban J connectivity index is 0.00000144. The van der Waals surface area contributed by atoms with Crippen LogP contribution in [0.2, 0.25) is 0 Å². The van der Waals surface area contributed by atoms with Gasteiger partial charge < -0.3 is 10.2 Å². The zero-order valence-corrected chi connectivity index (χ0v) is 10.5. The van der Waals surface area contributed by atoms with Crippen molar-refractivity contribution in [2.75, 3.05) is 0 Å². The van der Waals surface area contributed by atoms with Gasteiger partial charge in [-0.15, -0.1) is 17.0 Å². The van der Waals surface area contributed by atoms with Gasteiger partial charge in [-0.3, -0.25) is 0 Å². The van der Waals surface area contributed by atoms with Gasteiger partial charge in [0, 0.05) is 5.56 Å². The van der Waals surface area contributed by atoms with Crippen LogP contribution in [0.5, 0.6) is 5.75 Å². The fraction of sp³-hybridized carbons (Fsp3) is 0. The molecule has 0 saturated heterocycles. The third-order valence-corrected chi connectivity index (χ3v) is 2.35. The Kier molecular flexibility index (Phi) is 4.29. The number of carboxylic acids is 1. The number of halogens is 1. The van der Waals surface area contributed by atoms with E-state index in [9.17, 15) is 9.90 Å². The number of phenols is 1. The smallest absolute Gasteiger partial charge is 0.339 e. The fourth-order valence-electron chi connectivity index (χ4n) is 1.57. The molecule has 0 saturated carbocycles. The highest BCUT2D eigenvalue weighted by atomic mass is 79.9. The molecule has 0 heterocycles. The maximum atomic E-state index is 10.8. The van der Waals surface area contributed by atoms with E-state index in [4.69, 9.17) is 5.11 Å². The summed E-state index contributed by atoms with van der Waals surface area (Å²) in [5.74, 6) is -1.32. The predicted molar refractivity (Wildman–Crippen MR) is 70.8 cm³/mol. The molecule has 0 fully saturated rings. The molecule has 88 valence electrons. The maximum Gasteiger partial charge on any atom is 0.339 e. The molecule has 0 atom stereocenters. The molecule has 0 amide bonds. The zero-order valence-electron chi connectivity index (χ0n) is 8.83. The molecule has 2 aromatic carbocycles. The van der Waals surface area contributed by atoms with Crippen molar-refractivity contribution in [1.29, 1.82) is 0 Å². The van der Waals surface area contributed by atoms with Gasteiger partial charge in [0.05, 0.1) is 0 Å². The molecule has 0 bridgehead atoms. The Morgan fingerprint density at radius 1 is 0.941 bits per heavy atom. The number of aromatic carboxylic acids is 1. The van der Waals surface area contributed by atoms with E-state index in [0.717, 1.165) is 5.56 Å². The highest BCUT2D eigenvalue weighted by Crippen LogP contribution is 2.31. The zero-order chi connectivity index (χ0) is 11.5. The molecule has 2 aromatic rings. The minimum Gasteiger partial charge on any atom is -0.506 e. The van der Waals surface area contributed by atoms with Crippen molar-refractivity contribution >= 4 is 23.0 Å². The van der Waals surface area contributed by atoms with E-state index in [-0.39, 0.29) is 28.3 Å². The summed E-state index contributed by atoms with van der Waals surface area (Å²) >= 11 is 0. The van der Waals surface area contributed by atoms with E-state index in [0.29, 0.717) is 5.56 Å². The van der Waals surface area contributed by atoms with E-state index < -0.39 is 5.97 Å². The minimum absolute atomic E-state index is 0. The normalized spacial score (nSPS) is 9.41. The Morgan fingerprint density at radius 2 is 1.59 bits per heavy atom. The highest BCUT2D eigenvalue weighted by Gasteiger charge is 2.13. The number of para-hydroxylation sites is 1. The number of carboxylic acid groups (broad SMARTS) is 1. The van der Waals surface area contributed by atoms with Crippen LogP contribution in [0.1, 0.15) is 10.4 Å². The first kappa shape index (κ1) is 13.3. The quantitative estimate of drug-likeness (QED) is 0.893. The first-order chi connectivity index (χ1) is 7.70. The second kappa shape index (κ2) is 5.50. The molecule has 2 rings (SSSR count).